The van der Waals surface area contributed by atoms with Crippen LogP contribution < -0.4 is 18.9 Å². The van der Waals surface area contributed by atoms with Gasteiger partial charge in [0.15, 0.2) is 0 Å². The molecule has 0 unspecified atom stereocenters. The molecule has 5 rings (SSSR count). The molecule has 0 aliphatic rings. The van der Waals surface area contributed by atoms with Crippen molar-refractivity contribution in [2.75, 3.05) is 22.7 Å². The van der Waals surface area contributed by atoms with Gasteiger partial charge in [-0.05, 0) is 74.5 Å². The van der Waals surface area contributed by atoms with Crippen LogP contribution in [-0.4, -0.2) is 30.0 Å². The Bertz CT molecular complexity index is 2080. The molecule has 8 nitrogen and oxygen atoms in total. The number of nitrogens with one attached hydrogen (secondary N) is 2. The zero-order chi connectivity index (χ0) is 34.0. The Kier molecular flexibility index (Phi) is 10.7. The molecule has 0 bridgehead atoms. The Morgan fingerprint density at radius 1 is 0.500 bits per heavy atom. The van der Waals surface area contributed by atoms with Gasteiger partial charge in [0.1, 0.15) is 24.7 Å². The van der Waals surface area contributed by atoms with E-state index in [-0.39, 0.29) is 23.0 Å². The SMILES string of the molecule is Cc1ccc(S(=O)(=O)Nc2ccccc2OCC#Cc2ccccc2C#CCOc2ccccc2NS(=O)(=O)c2ccc(C)cc2)cc1. The summed E-state index contributed by atoms with van der Waals surface area (Å²) in [7, 11) is -7.61. The molecular weight excluding hydrogens is 645 g/mol. The predicted octanol–water partition coefficient (Wildman–Crippen LogP) is 6.77. The molecule has 242 valence electrons. The summed E-state index contributed by atoms with van der Waals surface area (Å²) in [5.41, 5.74) is 3.87. The molecule has 0 amide bonds. The highest BCUT2D eigenvalue weighted by molar-refractivity contribution is 7.93. The Morgan fingerprint density at radius 3 is 1.25 bits per heavy atom. The van der Waals surface area contributed by atoms with Gasteiger partial charge in [-0.3, -0.25) is 9.44 Å². The summed E-state index contributed by atoms with van der Waals surface area (Å²) in [6.45, 7) is 3.78. The van der Waals surface area contributed by atoms with Gasteiger partial charge in [0.2, 0.25) is 0 Å². The van der Waals surface area contributed by atoms with E-state index in [4.69, 9.17) is 9.47 Å². The molecule has 5 aromatic carbocycles. The molecule has 0 saturated carbocycles. The lowest BCUT2D eigenvalue weighted by molar-refractivity contribution is 0.372. The van der Waals surface area contributed by atoms with Crippen LogP contribution in [0.25, 0.3) is 0 Å². The van der Waals surface area contributed by atoms with E-state index >= 15 is 0 Å². The molecular formula is C38H32N2O6S2. The van der Waals surface area contributed by atoms with Crippen molar-refractivity contribution in [3.63, 3.8) is 0 Å². The minimum Gasteiger partial charge on any atom is -0.479 e. The van der Waals surface area contributed by atoms with Crippen molar-refractivity contribution in [3.05, 3.63) is 144 Å². The molecule has 5 aromatic rings. The van der Waals surface area contributed by atoms with Crippen molar-refractivity contribution in [2.24, 2.45) is 0 Å². The Labute approximate surface area is 281 Å². The third-order valence-corrected chi connectivity index (χ3v) is 9.66. The van der Waals surface area contributed by atoms with Gasteiger partial charge in [0, 0.05) is 11.1 Å². The second-order valence-electron chi connectivity index (χ2n) is 10.6. The van der Waals surface area contributed by atoms with Crippen LogP contribution in [0.5, 0.6) is 11.5 Å². The van der Waals surface area contributed by atoms with E-state index in [1.165, 1.54) is 0 Å². The van der Waals surface area contributed by atoms with Gasteiger partial charge in [0.25, 0.3) is 20.0 Å². The summed E-state index contributed by atoms with van der Waals surface area (Å²) in [6.07, 6.45) is 0. The van der Waals surface area contributed by atoms with Crippen molar-refractivity contribution in [1.29, 1.82) is 0 Å². The van der Waals surface area contributed by atoms with E-state index in [1.807, 2.05) is 38.1 Å². The van der Waals surface area contributed by atoms with Crippen LogP contribution in [0.2, 0.25) is 0 Å². The molecule has 0 aliphatic heterocycles. The highest BCUT2D eigenvalue weighted by Crippen LogP contribution is 2.28. The average molecular weight is 677 g/mol. The van der Waals surface area contributed by atoms with Crippen LogP contribution in [0, 0.1) is 37.5 Å². The van der Waals surface area contributed by atoms with Crippen LogP contribution in [0.4, 0.5) is 11.4 Å². The van der Waals surface area contributed by atoms with Gasteiger partial charge in [-0.1, -0.05) is 95.5 Å². The third kappa shape index (κ3) is 8.98. The smallest absolute Gasteiger partial charge is 0.262 e. The maximum atomic E-state index is 12.9. The molecule has 0 aromatic heterocycles. The quantitative estimate of drug-likeness (QED) is 0.158. The number of hydrogen-bond donors (Lipinski definition) is 2. The van der Waals surface area contributed by atoms with Gasteiger partial charge in [-0.25, -0.2) is 16.8 Å². The Balaban J connectivity index is 1.21. The number of rotatable bonds is 10. The highest BCUT2D eigenvalue weighted by Gasteiger charge is 2.17. The van der Waals surface area contributed by atoms with Gasteiger partial charge in [-0.2, -0.15) is 0 Å². The van der Waals surface area contributed by atoms with Gasteiger partial charge in [0.05, 0.1) is 21.2 Å². The van der Waals surface area contributed by atoms with Crippen molar-refractivity contribution < 1.29 is 26.3 Å². The number of anilines is 2. The van der Waals surface area contributed by atoms with Crippen LogP contribution in [0.1, 0.15) is 22.3 Å². The molecule has 0 saturated heterocycles. The van der Waals surface area contributed by atoms with Gasteiger partial charge >= 0.3 is 0 Å². The average Bonchev–Trinajstić information content (AvgIpc) is 3.07. The summed E-state index contributed by atoms with van der Waals surface area (Å²) in [4.78, 5) is 0.301. The van der Waals surface area contributed by atoms with E-state index in [2.05, 4.69) is 33.1 Å². The highest BCUT2D eigenvalue weighted by atomic mass is 32.2. The fraction of sp³-hybridized carbons (Fsp3) is 0.105. The summed E-state index contributed by atoms with van der Waals surface area (Å²) in [5.74, 6) is 12.7. The first-order valence-electron chi connectivity index (χ1n) is 14.8. The molecule has 0 spiro atoms. The largest absolute Gasteiger partial charge is 0.479 e. The molecule has 2 N–H and O–H groups in total. The van der Waals surface area contributed by atoms with E-state index in [0.29, 0.717) is 34.0 Å². The lowest BCUT2D eigenvalue weighted by Crippen LogP contribution is -2.14. The van der Waals surface area contributed by atoms with Gasteiger partial charge in [-0.15, -0.1) is 0 Å². The first-order chi connectivity index (χ1) is 23.1. The number of benzene rings is 5. The fourth-order valence-electron chi connectivity index (χ4n) is 4.39. The molecule has 0 heterocycles. The van der Waals surface area contributed by atoms with Crippen LogP contribution >= 0.6 is 0 Å². The fourth-order valence-corrected chi connectivity index (χ4v) is 6.53. The summed E-state index contributed by atoms with van der Waals surface area (Å²) < 4.78 is 68.4. The monoisotopic (exact) mass is 676 g/mol. The topological polar surface area (TPSA) is 111 Å². The first-order valence-corrected chi connectivity index (χ1v) is 17.8. The number of para-hydroxylation sites is 4. The number of ether oxygens (including phenoxy) is 2. The summed E-state index contributed by atoms with van der Waals surface area (Å²) in [5, 5.41) is 0. The lowest BCUT2D eigenvalue weighted by atomic mass is 10.1. The molecule has 0 radical (unpaired) electrons. The lowest BCUT2D eigenvalue weighted by Gasteiger charge is -2.12. The summed E-state index contributed by atoms with van der Waals surface area (Å²) >= 11 is 0. The molecule has 0 fully saturated rings. The van der Waals surface area contributed by atoms with E-state index < -0.39 is 20.0 Å². The van der Waals surface area contributed by atoms with Crippen LogP contribution in [-0.2, 0) is 20.0 Å². The standard InChI is InChI=1S/C38H32N2O6S2/c1-29-19-23-33(24-20-29)47(41,42)39-35-15-5-7-17-37(35)45-27-9-13-31-11-3-4-12-32(31)14-10-28-46-38-18-8-6-16-36(38)40-48(43,44)34-25-21-30(2)22-26-34/h3-8,11-12,15-26,39-40H,27-28H2,1-2H3. The zero-order valence-electron chi connectivity index (χ0n) is 26.2. The second kappa shape index (κ2) is 15.3. The molecule has 0 atom stereocenters. The van der Waals surface area contributed by atoms with Crippen molar-refractivity contribution in [3.8, 4) is 35.2 Å². The van der Waals surface area contributed by atoms with E-state index in [1.54, 1.807) is 97.1 Å². The predicted molar refractivity (Wildman–Crippen MR) is 188 cm³/mol. The zero-order valence-corrected chi connectivity index (χ0v) is 27.9. The van der Waals surface area contributed by atoms with Gasteiger partial charge < -0.3 is 9.47 Å². The number of aryl methyl sites for hydroxylation is 2. The van der Waals surface area contributed by atoms with E-state index in [9.17, 15) is 16.8 Å². The van der Waals surface area contributed by atoms with Crippen LogP contribution in [0.3, 0.4) is 0 Å². The molecule has 10 heteroatoms. The number of sulfonamides is 2. The second-order valence-corrected chi connectivity index (χ2v) is 13.9. The molecule has 48 heavy (non-hydrogen) atoms. The third-order valence-electron chi connectivity index (χ3n) is 6.90. The van der Waals surface area contributed by atoms with Crippen molar-refractivity contribution in [2.45, 2.75) is 23.6 Å². The Hall–Kier alpha value is -5.68. The first kappa shape index (κ1) is 33.7. The van der Waals surface area contributed by atoms with Crippen LogP contribution in [0.15, 0.2) is 131 Å². The normalized spacial score (nSPS) is 10.9. The minimum atomic E-state index is -3.81. The van der Waals surface area contributed by atoms with E-state index in [0.717, 1.165) is 11.1 Å². The Morgan fingerprint density at radius 2 is 0.854 bits per heavy atom. The molecule has 0 aliphatic carbocycles. The minimum absolute atomic E-state index is 0.00340. The van der Waals surface area contributed by atoms with Crippen molar-refractivity contribution in [1.82, 2.24) is 0 Å². The summed E-state index contributed by atoms with van der Waals surface area (Å²) in [6, 6.07) is 34.0. The maximum Gasteiger partial charge on any atom is 0.262 e. The maximum absolute atomic E-state index is 12.9. The van der Waals surface area contributed by atoms with Crippen molar-refractivity contribution >= 4 is 31.4 Å². The number of hydrogen-bond acceptors (Lipinski definition) is 6.